The number of nitrogens with zero attached hydrogens (tertiary/aromatic N) is 2. The van der Waals surface area contributed by atoms with Gasteiger partial charge in [-0.2, -0.15) is 5.26 Å². The number of benzene rings is 2. The van der Waals surface area contributed by atoms with Crippen LogP contribution in [-0.4, -0.2) is 22.7 Å². The molecule has 1 saturated heterocycles. The lowest BCUT2D eigenvalue weighted by molar-refractivity contribution is -0.123. The number of thioether (sulfide) groups is 1. The van der Waals surface area contributed by atoms with Crippen molar-refractivity contribution in [2.24, 2.45) is 0 Å². The highest BCUT2D eigenvalue weighted by Gasteiger charge is 2.35. The maximum Gasteiger partial charge on any atom is 0.293 e. The van der Waals surface area contributed by atoms with Crippen LogP contribution >= 0.6 is 35.0 Å². The number of hydrogen-bond donors (Lipinski definition) is 0. The number of nitriles is 1. The van der Waals surface area contributed by atoms with Gasteiger partial charge in [-0.1, -0.05) is 41.4 Å². The standard InChI is InChI=1S/C19H12Cl2N2O3S/c20-14-4-3-13(16(21)10-14)11-23-18(24)17(27-19(23)25)9-12-1-5-15(6-2-12)26-8-7-22/h1-6,9-10H,8,11H2/b17-9-. The zero-order valence-electron chi connectivity index (χ0n) is 13.8. The second-order valence-electron chi connectivity index (χ2n) is 5.52. The van der Waals surface area contributed by atoms with Crippen LogP contribution in [-0.2, 0) is 11.3 Å². The molecule has 2 aromatic carbocycles. The highest BCUT2D eigenvalue weighted by atomic mass is 35.5. The summed E-state index contributed by atoms with van der Waals surface area (Å²) in [5, 5.41) is 9.04. The summed E-state index contributed by atoms with van der Waals surface area (Å²) in [6, 6.07) is 13.7. The summed E-state index contributed by atoms with van der Waals surface area (Å²) in [4.78, 5) is 26.3. The molecular weight excluding hydrogens is 407 g/mol. The minimum atomic E-state index is -0.374. The van der Waals surface area contributed by atoms with Gasteiger partial charge in [-0.15, -0.1) is 0 Å². The van der Waals surface area contributed by atoms with Gasteiger partial charge in [0.2, 0.25) is 0 Å². The summed E-state index contributed by atoms with van der Waals surface area (Å²) in [5.74, 6) is 0.181. The molecule has 1 aliphatic heterocycles. The molecule has 0 atom stereocenters. The molecule has 0 aliphatic carbocycles. The monoisotopic (exact) mass is 418 g/mol. The van der Waals surface area contributed by atoms with E-state index in [1.165, 1.54) is 0 Å². The summed E-state index contributed by atoms with van der Waals surface area (Å²) < 4.78 is 5.18. The summed E-state index contributed by atoms with van der Waals surface area (Å²) in [6.45, 7) is 0.0461. The second-order valence-corrected chi connectivity index (χ2v) is 7.36. The number of hydrogen-bond acceptors (Lipinski definition) is 5. The normalized spacial score (nSPS) is 15.3. The lowest BCUT2D eigenvalue weighted by atomic mass is 10.2. The van der Waals surface area contributed by atoms with Crippen molar-refractivity contribution < 1.29 is 14.3 Å². The number of ether oxygens (including phenoxy) is 1. The van der Waals surface area contributed by atoms with Crippen molar-refractivity contribution in [2.45, 2.75) is 6.54 Å². The van der Waals surface area contributed by atoms with Gasteiger partial charge < -0.3 is 4.74 Å². The molecule has 0 unspecified atom stereocenters. The van der Waals surface area contributed by atoms with Gasteiger partial charge in [-0.05, 0) is 53.2 Å². The number of halogens is 2. The van der Waals surface area contributed by atoms with Gasteiger partial charge in [-0.25, -0.2) is 0 Å². The van der Waals surface area contributed by atoms with Gasteiger partial charge in [-0.3, -0.25) is 14.5 Å². The van der Waals surface area contributed by atoms with Crippen molar-refractivity contribution >= 4 is 52.2 Å². The Morgan fingerprint density at radius 2 is 1.89 bits per heavy atom. The molecule has 2 amide bonds. The van der Waals surface area contributed by atoms with Gasteiger partial charge in [0.25, 0.3) is 11.1 Å². The van der Waals surface area contributed by atoms with Crippen molar-refractivity contribution in [3.05, 3.63) is 68.5 Å². The molecule has 0 N–H and O–H groups in total. The molecule has 2 aromatic rings. The third-order valence-electron chi connectivity index (χ3n) is 3.70. The Labute approximate surface area is 170 Å². The van der Waals surface area contributed by atoms with Crippen LogP contribution in [0.3, 0.4) is 0 Å². The van der Waals surface area contributed by atoms with E-state index in [1.807, 2.05) is 6.07 Å². The molecule has 0 bridgehead atoms. The predicted octanol–water partition coefficient (Wildman–Crippen LogP) is 5.13. The van der Waals surface area contributed by atoms with E-state index in [0.29, 0.717) is 26.3 Å². The Hall–Kier alpha value is -2.46. The third-order valence-corrected chi connectivity index (χ3v) is 5.19. The van der Waals surface area contributed by atoms with E-state index in [-0.39, 0.29) is 24.3 Å². The van der Waals surface area contributed by atoms with Crippen LogP contribution in [0.15, 0.2) is 47.4 Å². The fourth-order valence-corrected chi connectivity index (χ4v) is 3.69. The van der Waals surface area contributed by atoms with Gasteiger partial charge in [0, 0.05) is 10.0 Å². The predicted molar refractivity (Wildman–Crippen MR) is 106 cm³/mol. The Morgan fingerprint density at radius 1 is 1.15 bits per heavy atom. The van der Waals surface area contributed by atoms with Crippen molar-refractivity contribution in [1.82, 2.24) is 4.90 Å². The van der Waals surface area contributed by atoms with E-state index in [4.69, 9.17) is 33.2 Å². The number of carbonyl (C=O) groups excluding carboxylic acids is 2. The average Bonchev–Trinajstić information content (AvgIpc) is 2.90. The van der Waals surface area contributed by atoms with Crippen LogP contribution in [0, 0.1) is 11.3 Å². The van der Waals surface area contributed by atoms with E-state index >= 15 is 0 Å². The van der Waals surface area contributed by atoms with Crippen LogP contribution < -0.4 is 4.74 Å². The van der Waals surface area contributed by atoms with E-state index in [0.717, 1.165) is 22.2 Å². The number of rotatable bonds is 5. The SMILES string of the molecule is N#CCOc1ccc(/C=C2\SC(=O)N(Cc3ccc(Cl)cc3Cl)C2=O)cc1. The van der Waals surface area contributed by atoms with E-state index in [9.17, 15) is 9.59 Å². The van der Waals surface area contributed by atoms with Crippen LogP contribution in [0.2, 0.25) is 10.0 Å². The minimum Gasteiger partial charge on any atom is -0.479 e. The highest BCUT2D eigenvalue weighted by molar-refractivity contribution is 8.18. The topological polar surface area (TPSA) is 70.4 Å². The molecule has 0 radical (unpaired) electrons. The molecule has 5 nitrogen and oxygen atoms in total. The Bertz CT molecular complexity index is 968. The zero-order valence-corrected chi connectivity index (χ0v) is 16.1. The first-order valence-electron chi connectivity index (χ1n) is 7.77. The smallest absolute Gasteiger partial charge is 0.293 e. The first kappa shape index (κ1) is 19.3. The second kappa shape index (κ2) is 8.49. The van der Waals surface area contributed by atoms with Gasteiger partial charge in [0.05, 0.1) is 11.4 Å². The Morgan fingerprint density at radius 3 is 2.56 bits per heavy atom. The van der Waals surface area contributed by atoms with Crippen molar-refractivity contribution in [3.63, 3.8) is 0 Å². The largest absolute Gasteiger partial charge is 0.479 e. The first-order valence-corrected chi connectivity index (χ1v) is 9.34. The molecule has 136 valence electrons. The Kier molecular flexibility index (Phi) is 6.07. The molecule has 0 aromatic heterocycles. The quantitative estimate of drug-likeness (QED) is 0.629. The van der Waals surface area contributed by atoms with Crippen molar-refractivity contribution in [1.29, 1.82) is 5.26 Å². The molecule has 0 spiro atoms. The number of amides is 2. The van der Waals surface area contributed by atoms with E-state index < -0.39 is 0 Å². The summed E-state index contributed by atoms with van der Waals surface area (Å²) >= 11 is 12.9. The lowest BCUT2D eigenvalue weighted by Gasteiger charge is -2.13. The van der Waals surface area contributed by atoms with Crippen molar-refractivity contribution in [2.75, 3.05) is 6.61 Å². The zero-order chi connectivity index (χ0) is 19.4. The summed E-state index contributed by atoms with van der Waals surface area (Å²) in [6.07, 6.45) is 1.64. The van der Waals surface area contributed by atoms with Crippen LogP contribution in [0.25, 0.3) is 6.08 Å². The summed E-state index contributed by atoms with van der Waals surface area (Å²) in [5.41, 5.74) is 1.39. The fourth-order valence-electron chi connectivity index (χ4n) is 2.38. The highest BCUT2D eigenvalue weighted by Crippen LogP contribution is 2.34. The molecule has 1 fully saturated rings. The van der Waals surface area contributed by atoms with Crippen LogP contribution in [0.4, 0.5) is 4.79 Å². The van der Waals surface area contributed by atoms with E-state index in [2.05, 4.69) is 0 Å². The maximum atomic E-state index is 12.6. The molecule has 3 rings (SSSR count). The number of imide groups is 1. The van der Waals surface area contributed by atoms with Gasteiger partial charge in [0.15, 0.2) is 6.61 Å². The molecular formula is C19H12Cl2N2O3S. The molecule has 0 saturated carbocycles. The molecule has 1 aliphatic rings. The maximum absolute atomic E-state index is 12.6. The first-order chi connectivity index (χ1) is 13.0. The lowest BCUT2D eigenvalue weighted by Crippen LogP contribution is -2.27. The third kappa shape index (κ3) is 4.64. The summed E-state index contributed by atoms with van der Waals surface area (Å²) in [7, 11) is 0. The molecule has 8 heteroatoms. The Balaban J connectivity index is 1.75. The molecule has 27 heavy (non-hydrogen) atoms. The van der Waals surface area contributed by atoms with E-state index in [1.54, 1.807) is 48.5 Å². The minimum absolute atomic E-state index is 0.0362. The van der Waals surface area contributed by atoms with Crippen LogP contribution in [0.1, 0.15) is 11.1 Å². The fraction of sp³-hybridized carbons (Fsp3) is 0.105. The van der Waals surface area contributed by atoms with Gasteiger partial charge in [0.1, 0.15) is 11.8 Å². The van der Waals surface area contributed by atoms with Crippen LogP contribution in [0.5, 0.6) is 5.75 Å². The molecule has 1 heterocycles. The average molecular weight is 419 g/mol. The van der Waals surface area contributed by atoms with Crippen molar-refractivity contribution in [3.8, 4) is 11.8 Å². The number of carbonyl (C=O) groups is 2. The van der Waals surface area contributed by atoms with Gasteiger partial charge >= 0.3 is 0 Å².